The fourth-order valence-electron chi connectivity index (χ4n) is 2.31. The molecule has 4 nitrogen and oxygen atoms in total. The number of fused-ring (bicyclic) bond motifs is 1. The van der Waals surface area contributed by atoms with E-state index in [2.05, 4.69) is 0 Å². The van der Waals surface area contributed by atoms with Crippen molar-refractivity contribution in [2.24, 2.45) is 0 Å². The highest BCUT2D eigenvalue weighted by Crippen LogP contribution is 2.15. The van der Waals surface area contributed by atoms with Gasteiger partial charge in [0.25, 0.3) is 0 Å². The highest BCUT2D eigenvalue weighted by atomic mass is 16.4. The van der Waals surface area contributed by atoms with Crippen LogP contribution < -0.4 is 16.3 Å². The van der Waals surface area contributed by atoms with Crippen LogP contribution in [0.15, 0.2) is 45.6 Å². The zero-order valence-corrected chi connectivity index (χ0v) is 10.0. The van der Waals surface area contributed by atoms with Gasteiger partial charge in [-0.2, -0.15) is 0 Å². The smallest absolute Gasteiger partial charge is 0.336 e. The van der Waals surface area contributed by atoms with E-state index in [4.69, 9.17) is 4.42 Å². The van der Waals surface area contributed by atoms with Crippen LogP contribution in [0, 0.1) is 0 Å². The molecule has 0 aliphatic heterocycles. The van der Waals surface area contributed by atoms with Crippen molar-refractivity contribution in [1.29, 1.82) is 0 Å². The van der Waals surface area contributed by atoms with Crippen LogP contribution in [0.25, 0.3) is 23.0 Å². The monoisotopic (exact) mass is 256 g/mol. The van der Waals surface area contributed by atoms with Gasteiger partial charge in [-0.05, 0) is 11.6 Å². The number of benzene rings is 1. The van der Waals surface area contributed by atoms with Crippen molar-refractivity contribution in [3.05, 3.63) is 57.5 Å². The van der Waals surface area contributed by atoms with Gasteiger partial charge in [0.05, 0.1) is 11.3 Å². The minimum atomic E-state index is -0.832. The summed E-state index contributed by atoms with van der Waals surface area (Å²) < 4.78 is 5.05. The lowest BCUT2D eigenvalue weighted by atomic mass is 9.99. The third kappa shape index (κ3) is 2.06. The normalized spacial score (nSPS) is 17.7. The molecule has 0 spiro atoms. The van der Waals surface area contributed by atoms with Gasteiger partial charge in [0.2, 0.25) is 0 Å². The van der Waals surface area contributed by atoms with Gasteiger partial charge in [0.15, 0.2) is 0 Å². The van der Waals surface area contributed by atoms with Crippen LogP contribution in [0.4, 0.5) is 0 Å². The number of aliphatic hydroxyl groups is 2. The SMILES string of the molecule is O=c1cc(-c2ccccc2)c2c(o1)=CC(O)CC=2O. The van der Waals surface area contributed by atoms with Crippen LogP contribution in [0.5, 0.6) is 0 Å². The first-order valence-corrected chi connectivity index (χ1v) is 5.97. The number of hydrogen-bond acceptors (Lipinski definition) is 4. The largest absolute Gasteiger partial charge is 0.511 e. The highest BCUT2D eigenvalue weighted by molar-refractivity contribution is 5.67. The second-order valence-corrected chi connectivity index (χ2v) is 4.47. The Kier molecular flexibility index (Phi) is 2.72. The van der Waals surface area contributed by atoms with Gasteiger partial charge >= 0.3 is 5.63 Å². The summed E-state index contributed by atoms with van der Waals surface area (Å²) in [5.41, 5.74) is 1.16. The molecule has 1 aliphatic rings. The van der Waals surface area contributed by atoms with Gasteiger partial charge < -0.3 is 14.6 Å². The summed E-state index contributed by atoms with van der Waals surface area (Å²) in [5, 5.41) is 20.1. The van der Waals surface area contributed by atoms with E-state index in [1.807, 2.05) is 30.3 Å². The molecule has 1 aliphatic carbocycles. The Labute approximate surface area is 108 Å². The van der Waals surface area contributed by atoms with Crippen molar-refractivity contribution in [3.63, 3.8) is 0 Å². The highest BCUT2D eigenvalue weighted by Gasteiger charge is 2.16. The minimum Gasteiger partial charge on any atom is -0.511 e. The predicted molar refractivity (Wildman–Crippen MR) is 70.8 cm³/mol. The van der Waals surface area contributed by atoms with Gasteiger partial charge in [-0.25, -0.2) is 4.79 Å². The Balaban J connectivity index is 2.44. The topological polar surface area (TPSA) is 70.7 Å². The van der Waals surface area contributed by atoms with Crippen LogP contribution >= 0.6 is 0 Å². The standard InChI is InChI=1S/C15H12O4/c16-10-6-12(17)15-11(9-4-2-1-3-5-9)8-14(18)19-13(15)7-10/h1-5,7-8,10,16-17H,6H2. The van der Waals surface area contributed by atoms with Crippen LogP contribution in [0.2, 0.25) is 0 Å². The first kappa shape index (κ1) is 11.7. The molecule has 0 saturated heterocycles. The molecule has 1 aromatic carbocycles. The van der Waals surface area contributed by atoms with Gasteiger partial charge in [0, 0.05) is 18.1 Å². The third-order valence-corrected chi connectivity index (χ3v) is 3.11. The van der Waals surface area contributed by atoms with Crippen LogP contribution in [0.3, 0.4) is 0 Å². The molecule has 2 aromatic rings. The van der Waals surface area contributed by atoms with E-state index in [1.165, 1.54) is 12.1 Å². The molecule has 96 valence electrons. The fourth-order valence-corrected chi connectivity index (χ4v) is 2.31. The summed E-state index contributed by atoms with van der Waals surface area (Å²) in [4.78, 5) is 11.6. The van der Waals surface area contributed by atoms with E-state index in [0.29, 0.717) is 10.8 Å². The van der Waals surface area contributed by atoms with E-state index in [9.17, 15) is 15.0 Å². The number of rotatable bonds is 1. The van der Waals surface area contributed by atoms with E-state index in [-0.39, 0.29) is 17.6 Å². The molecule has 1 aromatic heterocycles. The average molecular weight is 256 g/mol. The maximum atomic E-state index is 11.6. The van der Waals surface area contributed by atoms with Crippen molar-refractivity contribution in [2.45, 2.75) is 12.5 Å². The number of hydrogen-bond donors (Lipinski definition) is 2. The predicted octanol–water partition coefficient (Wildman–Crippen LogP) is 0.518. The molecule has 1 unspecified atom stereocenters. The molecule has 1 atom stereocenters. The molecule has 0 fully saturated rings. The Morgan fingerprint density at radius 3 is 2.68 bits per heavy atom. The molecule has 0 amide bonds. The van der Waals surface area contributed by atoms with Crippen molar-refractivity contribution in [3.8, 4) is 11.1 Å². The average Bonchev–Trinajstić information content (AvgIpc) is 2.38. The van der Waals surface area contributed by atoms with Gasteiger partial charge in [-0.15, -0.1) is 0 Å². The quantitative estimate of drug-likeness (QED) is 0.780. The first-order chi connectivity index (χ1) is 9.15. The van der Waals surface area contributed by atoms with Gasteiger partial charge in [-0.3, -0.25) is 0 Å². The Bertz CT molecular complexity index is 787. The Hall–Kier alpha value is -2.33. The van der Waals surface area contributed by atoms with E-state index in [1.54, 1.807) is 0 Å². The fraction of sp³-hybridized carbons (Fsp3) is 0.133. The summed E-state index contributed by atoms with van der Waals surface area (Å²) in [6.07, 6.45) is 0.741. The van der Waals surface area contributed by atoms with E-state index >= 15 is 0 Å². The lowest BCUT2D eigenvalue weighted by Crippen LogP contribution is -2.38. The molecule has 0 saturated carbocycles. The summed E-state index contributed by atoms with van der Waals surface area (Å²) >= 11 is 0. The summed E-state index contributed by atoms with van der Waals surface area (Å²) in [6, 6.07) is 10.7. The minimum absolute atomic E-state index is 0.0348. The Morgan fingerprint density at radius 1 is 1.21 bits per heavy atom. The number of aliphatic hydroxyl groups excluding tert-OH is 2. The summed E-state index contributed by atoms with van der Waals surface area (Å²) in [5.74, 6) is 0.0348. The zero-order valence-electron chi connectivity index (χ0n) is 10.0. The molecule has 3 rings (SSSR count). The third-order valence-electron chi connectivity index (χ3n) is 3.11. The van der Waals surface area contributed by atoms with Crippen LogP contribution in [-0.2, 0) is 0 Å². The van der Waals surface area contributed by atoms with Crippen molar-refractivity contribution >= 4 is 11.8 Å². The molecule has 0 radical (unpaired) electrons. The van der Waals surface area contributed by atoms with Crippen molar-refractivity contribution in [2.75, 3.05) is 0 Å². The lowest BCUT2D eigenvalue weighted by molar-refractivity contribution is 0.227. The first-order valence-electron chi connectivity index (χ1n) is 5.97. The van der Waals surface area contributed by atoms with Crippen LogP contribution in [-0.4, -0.2) is 16.3 Å². The van der Waals surface area contributed by atoms with E-state index in [0.717, 1.165) is 5.56 Å². The molecule has 19 heavy (non-hydrogen) atoms. The van der Waals surface area contributed by atoms with Gasteiger partial charge in [0.1, 0.15) is 11.2 Å². The summed E-state index contributed by atoms with van der Waals surface area (Å²) in [7, 11) is 0. The molecule has 2 N–H and O–H groups in total. The van der Waals surface area contributed by atoms with Crippen molar-refractivity contribution in [1.82, 2.24) is 0 Å². The zero-order chi connectivity index (χ0) is 13.4. The van der Waals surface area contributed by atoms with Crippen molar-refractivity contribution < 1.29 is 14.6 Å². The van der Waals surface area contributed by atoms with Gasteiger partial charge in [-0.1, -0.05) is 30.3 Å². The lowest BCUT2D eigenvalue weighted by Gasteiger charge is -2.12. The summed E-state index contributed by atoms with van der Waals surface area (Å²) in [6.45, 7) is 0. The van der Waals surface area contributed by atoms with E-state index < -0.39 is 11.7 Å². The second-order valence-electron chi connectivity index (χ2n) is 4.47. The molecular formula is C15H12O4. The maximum Gasteiger partial charge on any atom is 0.336 e. The molecule has 0 bridgehead atoms. The molecular weight excluding hydrogens is 244 g/mol. The molecule has 4 heteroatoms. The Morgan fingerprint density at radius 2 is 1.95 bits per heavy atom. The molecule has 1 heterocycles. The maximum absolute atomic E-state index is 11.6. The van der Waals surface area contributed by atoms with Crippen LogP contribution in [0.1, 0.15) is 6.42 Å². The second kappa shape index (κ2) is 4.40.